The lowest BCUT2D eigenvalue weighted by Crippen LogP contribution is -2.20. The predicted octanol–water partition coefficient (Wildman–Crippen LogP) is 2.58. The van der Waals surface area contributed by atoms with Crippen LogP contribution < -0.4 is 10.0 Å². The van der Waals surface area contributed by atoms with Gasteiger partial charge in [-0.1, -0.05) is 12.1 Å². The van der Waals surface area contributed by atoms with E-state index in [0.717, 1.165) is 0 Å². The van der Waals surface area contributed by atoms with E-state index in [2.05, 4.69) is 20.8 Å². The zero-order valence-corrected chi connectivity index (χ0v) is 12.4. The van der Waals surface area contributed by atoms with Gasteiger partial charge in [0.1, 0.15) is 4.90 Å². The first-order valence-electron chi connectivity index (χ1n) is 5.82. The molecule has 1 aromatic heterocycles. The molecule has 0 bridgehead atoms. The topological polar surface area (TPSA) is 58.2 Å². The van der Waals surface area contributed by atoms with Crippen molar-refractivity contribution < 1.29 is 8.42 Å². The molecule has 0 fully saturated rings. The van der Waals surface area contributed by atoms with Gasteiger partial charge in [0.25, 0.3) is 0 Å². The van der Waals surface area contributed by atoms with Crippen molar-refractivity contribution in [1.82, 2.24) is 4.72 Å². The molecule has 2 N–H and O–H groups in total. The van der Waals surface area contributed by atoms with Crippen molar-refractivity contribution in [2.75, 3.05) is 12.4 Å². The van der Waals surface area contributed by atoms with Crippen LogP contribution in [0.25, 0.3) is 0 Å². The van der Waals surface area contributed by atoms with Crippen molar-refractivity contribution in [3.05, 3.63) is 46.2 Å². The van der Waals surface area contributed by atoms with Gasteiger partial charge in [-0.15, -0.1) is 0 Å². The normalized spacial score (nSPS) is 11.5. The highest BCUT2D eigenvalue weighted by atomic mass is 32.2. The number of anilines is 1. The molecule has 1 heterocycles. The van der Waals surface area contributed by atoms with Crippen molar-refractivity contribution in [1.29, 1.82) is 0 Å². The number of benzene rings is 1. The Balaban J connectivity index is 2.24. The fourth-order valence-electron chi connectivity index (χ4n) is 1.72. The van der Waals surface area contributed by atoms with Gasteiger partial charge in [-0.3, -0.25) is 0 Å². The molecular weight excluding hydrogens is 280 g/mol. The lowest BCUT2D eigenvalue weighted by atomic mass is 10.2. The van der Waals surface area contributed by atoms with Crippen LogP contribution in [0.4, 0.5) is 5.69 Å². The van der Waals surface area contributed by atoms with E-state index in [1.807, 2.05) is 13.0 Å². The largest absolute Gasteiger partial charge is 0.380 e. The van der Waals surface area contributed by atoms with Gasteiger partial charge in [0.15, 0.2) is 0 Å². The van der Waals surface area contributed by atoms with Gasteiger partial charge in [0.05, 0.1) is 5.69 Å². The third kappa shape index (κ3) is 3.15. The molecule has 102 valence electrons. The maximum absolute atomic E-state index is 11.9. The molecule has 0 unspecified atom stereocenters. The Bertz CT molecular complexity index is 663. The van der Waals surface area contributed by atoms with Gasteiger partial charge >= 0.3 is 0 Å². The van der Waals surface area contributed by atoms with E-state index in [-0.39, 0.29) is 4.90 Å². The Kier molecular flexibility index (Phi) is 4.24. The van der Waals surface area contributed by atoms with Crippen molar-refractivity contribution in [3.8, 4) is 0 Å². The Morgan fingerprint density at radius 3 is 2.58 bits per heavy atom. The number of para-hydroxylation sites is 1. The van der Waals surface area contributed by atoms with E-state index in [0.29, 0.717) is 12.2 Å². The summed E-state index contributed by atoms with van der Waals surface area (Å²) >= 11 is 1.65. The zero-order chi connectivity index (χ0) is 13.9. The van der Waals surface area contributed by atoms with Gasteiger partial charge in [-0.25, -0.2) is 13.1 Å². The summed E-state index contributed by atoms with van der Waals surface area (Å²) in [6.45, 7) is 2.66. The third-order valence-corrected chi connectivity index (χ3v) is 5.26. The van der Waals surface area contributed by atoms with Crippen LogP contribution in [0, 0.1) is 6.92 Å². The van der Waals surface area contributed by atoms with Gasteiger partial charge in [-0.05, 0) is 48.0 Å². The second-order valence-corrected chi connectivity index (χ2v) is 6.74. The van der Waals surface area contributed by atoms with E-state index in [9.17, 15) is 8.42 Å². The first kappa shape index (κ1) is 14.0. The third-order valence-electron chi connectivity index (χ3n) is 2.88. The van der Waals surface area contributed by atoms with Crippen LogP contribution in [-0.4, -0.2) is 15.5 Å². The molecule has 0 aliphatic carbocycles. The number of nitrogens with one attached hydrogen (secondary N) is 2. The molecule has 0 saturated heterocycles. The first-order valence-corrected chi connectivity index (χ1v) is 8.25. The Morgan fingerprint density at radius 2 is 1.95 bits per heavy atom. The molecule has 0 aliphatic heterocycles. The van der Waals surface area contributed by atoms with Gasteiger partial charge in [0, 0.05) is 6.54 Å². The minimum atomic E-state index is -3.44. The maximum atomic E-state index is 11.9. The monoisotopic (exact) mass is 296 g/mol. The van der Waals surface area contributed by atoms with E-state index in [1.165, 1.54) is 18.2 Å². The Morgan fingerprint density at radius 1 is 1.21 bits per heavy atom. The number of hydrogen-bond donors (Lipinski definition) is 2. The van der Waals surface area contributed by atoms with Crippen molar-refractivity contribution in [2.45, 2.75) is 18.4 Å². The van der Waals surface area contributed by atoms with Crippen LogP contribution >= 0.6 is 11.3 Å². The highest BCUT2D eigenvalue weighted by Gasteiger charge is 2.15. The number of rotatable bonds is 5. The Hall–Kier alpha value is -1.37. The molecule has 2 aromatic rings. The first-order chi connectivity index (χ1) is 9.04. The van der Waals surface area contributed by atoms with Crippen molar-refractivity contribution in [3.63, 3.8) is 0 Å². The Labute approximate surface area is 117 Å². The molecule has 1 aromatic carbocycles. The summed E-state index contributed by atoms with van der Waals surface area (Å²) in [6.07, 6.45) is 0. The second-order valence-electron chi connectivity index (χ2n) is 4.14. The zero-order valence-electron chi connectivity index (χ0n) is 10.8. The highest BCUT2D eigenvalue weighted by molar-refractivity contribution is 7.89. The molecular formula is C13H16N2O2S2. The van der Waals surface area contributed by atoms with Gasteiger partial charge < -0.3 is 5.32 Å². The summed E-state index contributed by atoms with van der Waals surface area (Å²) in [5.74, 6) is 0. The lowest BCUT2D eigenvalue weighted by Gasteiger charge is -2.11. The maximum Gasteiger partial charge on any atom is 0.242 e. The van der Waals surface area contributed by atoms with Gasteiger partial charge in [0.2, 0.25) is 10.0 Å². The van der Waals surface area contributed by atoms with Crippen LogP contribution in [-0.2, 0) is 16.6 Å². The lowest BCUT2D eigenvalue weighted by molar-refractivity contribution is 0.588. The summed E-state index contributed by atoms with van der Waals surface area (Å²) < 4.78 is 26.1. The fraction of sp³-hybridized carbons (Fsp3) is 0.231. The summed E-state index contributed by atoms with van der Waals surface area (Å²) in [5.41, 5.74) is 3.01. The minimum absolute atomic E-state index is 0.269. The number of thiophene rings is 1. The molecule has 0 saturated carbocycles. The molecule has 19 heavy (non-hydrogen) atoms. The molecule has 0 spiro atoms. The van der Waals surface area contributed by atoms with Crippen molar-refractivity contribution in [2.24, 2.45) is 0 Å². The van der Waals surface area contributed by atoms with Crippen LogP contribution in [0.3, 0.4) is 0 Å². The summed E-state index contributed by atoms with van der Waals surface area (Å²) in [6, 6.07) is 6.89. The number of hydrogen-bond acceptors (Lipinski definition) is 4. The van der Waals surface area contributed by atoms with E-state index in [4.69, 9.17) is 0 Å². The average Bonchev–Trinajstić information content (AvgIpc) is 2.82. The predicted molar refractivity (Wildman–Crippen MR) is 79.1 cm³/mol. The van der Waals surface area contributed by atoms with Crippen LogP contribution in [0.5, 0.6) is 0 Å². The molecule has 2 rings (SSSR count). The number of aryl methyl sites for hydroxylation is 1. The standard InChI is InChI=1S/C13H16N2O2S2/c1-10-8-18-9-11(10)7-15-12-5-3-4-6-13(12)19(16,17)14-2/h3-6,8-9,14-15H,7H2,1-2H3. The highest BCUT2D eigenvalue weighted by Crippen LogP contribution is 2.22. The molecule has 0 radical (unpaired) electrons. The summed E-state index contributed by atoms with van der Waals surface area (Å²) in [4.78, 5) is 0.269. The SMILES string of the molecule is CNS(=O)(=O)c1ccccc1NCc1cscc1C. The van der Waals surface area contributed by atoms with E-state index in [1.54, 1.807) is 29.5 Å². The molecule has 0 amide bonds. The van der Waals surface area contributed by atoms with Crippen LogP contribution in [0.2, 0.25) is 0 Å². The van der Waals surface area contributed by atoms with E-state index >= 15 is 0 Å². The molecule has 0 aliphatic rings. The quantitative estimate of drug-likeness (QED) is 0.891. The smallest absolute Gasteiger partial charge is 0.242 e. The summed E-state index contributed by atoms with van der Waals surface area (Å²) in [5, 5.41) is 7.33. The van der Waals surface area contributed by atoms with E-state index < -0.39 is 10.0 Å². The van der Waals surface area contributed by atoms with Gasteiger partial charge in [-0.2, -0.15) is 11.3 Å². The number of sulfonamides is 1. The molecule has 0 atom stereocenters. The second kappa shape index (κ2) is 5.73. The fourth-order valence-corrected chi connectivity index (χ4v) is 3.48. The average molecular weight is 296 g/mol. The van der Waals surface area contributed by atoms with Crippen LogP contribution in [0.1, 0.15) is 11.1 Å². The van der Waals surface area contributed by atoms with Crippen LogP contribution in [0.15, 0.2) is 39.9 Å². The molecule has 6 heteroatoms. The summed E-state index contributed by atoms with van der Waals surface area (Å²) in [7, 11) is -2.03. The van der Waals surface area contributed by atoms with Crippen molar-refractivity contribution >= 4 is 27.0 Å². The molecule has 4 nitrogen and oxygen atoms in total. The minimum Gasteiger partial charge on any atom is -0.380 e.